The molecule has 3 N–H and O–H groups in total. The lowest BCUT2D eigenvalue weighted by Crippen LogP contribution is -2.38. The SMILES string of the molecule is O=C(O)CC1Nc2ccc(I)cc2CNC1=O. The molecule has 0 radical (unpaired) electrons. The number of hydrogen-bond acceptors (Lipinski definition) is 3. The highest BCUT2D eigenvalue weighted by Crippen LogP contribution is 2.22. The fourth-order valence-electron chi connectivity index (χ4n) is 1.73. The highest BCUT2D eigenvalue weighted by Gasteiger charge is 2.25. The molecule has 1 unspecified atom stereocenters. The molecule has 1 heterocycles. The monoisotopic (exact) mass is 346 g/mol. The average Bonchev–Trinajstić information content (AvgIpc) is 2.40. The molecule has 5 nitrogen and oxygen atoms in total. The third-order valence-electron chi connectivity index (χ3n) is 2.55. The minimum Gasteiger partial charge on any atom is -0.481 e. The molecule has 0 spiro atoms. The molecular weight excluding hydrogens is 335 g/mol. The Hall–Kier alpha value is -1.31. The number of benzene rings is 1. The Morgan fingerprint density at radius 3 is 3.00 bits per heavy atom. The van der Waals surface area contributed by atoms with Crippen LogP contribution in [0.5, 0.6) is 0 Å². The van der Waals surface area contributed by atoms with Crippen molar-refractivity contribution in [1.82, 2.24) is 5.32 Å². The fourth-order valence-corrected chi connectivity index (χ4v) is 2.28. The van der Waals surface area contributed by atoms with E-state index < -0.39 is 12.0 Å². The number of carboxylic acid groups (broad SMARTS) is 1. The van der Waals surface area contributed by atoms with Crippen LogP contribution in [0.3, 0.4) is 0 Å². The van der Waals surface area contributed by atoms with Crippen LogP contribution in [0.4, 0.5) is 5.69 Å². The number of halogens is 1. The lowest BCUT2D eigenvalue weighted by atomic mass is 10.1. The molecule has 0 fully saturated rings. The van der Waals surface area contributed by atoms with Crippen LogP contribution in [0, 0.1) is 3.57 Å². The first-order valence-electron chi connectivity index (χ1n) is 5.11. The zero-order valence-corrected chi connectivity index (χ0v) is 11.0. The number of carbonyl (C=O) groups excluding carboxylic acids is 1. The number of hydrogen-bond donors (Lipinski definition) is 3. The fraction of sp³-hybridized carbons (Fsp3) is 0.273. The first-order chi connectivity index (χ1) is 8.06. The molecule has 0 saturated heterocycles. The van der Waals surface area contributed by atoms with Crippen molar-refractivity contribution in [3.63, 3.8) is 0 Å². The van der Waals surface area contributed by atoms with Crippen molar-refractivity contribution in [2.24, 2.45) is 0 Å². The third-order valence-corrected chi connectivity index (χ3v) is 3.22. The van der Waals surface area contributed by atoms with Gasteiger partial charge in [-0.1, -0.05) is 0 Å². The summed E-state index contributed by atoms with van der Waals surface area (Å²) in [5.74, 6) is -1.27. The Labute approximate surface area is 112 Å². The summed E-state index contributed by atoms with van der Waals surface area (Å²) in [5.41, 5.74) is 1.79. The predicted molar refractivity (Wildman–Crippen MR) is 70.7 cm³/mol. The highest BCUT2D eigenvalue weighted by molar-refractivity contribution is 14.1. The van der Waals surface area contributed by atoms with E-state index in [0.717, 1.165) is 14.8 Å². The van der Waals surface area contributed by atoms with Gasteiger partial charge >= 0.3 is 5.97 Å². The van der Waals surface area contributed by atoms with E-state index in [4.69, 9.17) is 5.11 Å². The van der Waals surface area contributed by atoms with E-state index in [1.54, 1.807) is 0 Å². The number of rotatable bonds is 2. The molecule has 0 aromatic heterocycles. The second kappa shape index (κ2) is 4.91. The molecule has 90 valence electrons. The van der Waals surface area contributed by atoms with E-state index in [1.807, 2.05) is 18.2 Å². The van der Waals surface area contributed by atoms with Gasteiger partial charge in [-0.15, -0.1) is 0 Å². The minimum atomic E-state index is -0.994. The van der Waals surface area contributed by atoms with Gasteiger partial charge in [0.25, 0.3) is 0 Å². The Morgan fingerprint density at radius 1 is 1.53 bits per heavy atom. The lowest BCUT2D eigenvalue weighted by Gasteiger charge is -2.14. The van der Waals surface area contributed by atoms with Crippen LogP contribution in [0.2, 0.25) is 0 Å². The summed E-state index contributed by atoms with van der Waals surface area (Å²) in [7, 11) is 0. The van der Waals surface area contributed by atoms with E-state index in [1.165, 1.54) is 0 Å². The minimum absolute atomic E-state index is 0.225. The standard InChI is InChI=1S/C11H11IN2O3/c12-7-1-2-8-6(3-7)5-13-11(17)9(14-8)4-10(15)16/h1-3,9,14H,4-5H2,(H,13,17)(H,15,16). The number of aliphatic carboxylic acids is 1. The molecule has 2 rings (SSSR count). The lowest BCUT2D eigenvalue weighted by molar-refractivity contribution is -0.139. The summed E-state index contributed by atoms with van der Waals surface area (Å²) >= 11 is 2.19. The van der Waals surface area contributed by atoms with Crippen LogP contribution in [0.15, 0.2) is 18.2 Å². The molecule has 1 aromatic carbocycles. The second-order valence-corrected chi connectivity index (χ2v) is 5.06. The highest BCUT2D eigenvalue weighted by atomic mass is 127. The van der Waals surface area contributed by atoms with Crippen LogP contribution in [0.25, 0.3) is 0 Å². The Kier molecular flexibility index (Phi) is 3.51. The molecule has 0 aliphatic carbocycles. The third kappa shape index (κ3) is 2.87. The summed E-state index contributed by atoms with van der Waals surface area (Å²) in [6.45, 7) is 0.425. The summed E-state index contributed by atoms with van der Waals surface area (Å²) < 4.78 is 1.08. The van der Waals surface area contributed by atoms with Crippen molar-refractivity contribution >= 4 is 40.2 Å². The van der Waals surface area contributed by atoms with Crippen molar-refractivity contribution in [3.05, 3.63) is 27.3 Å². The Balaban J connectivity index is 2.27. The van der Waals surface area contributed by atoms with E-state index in [0.29, 0.717) is 6.54 Å². The maximum atomic E-state index is 11.7. The number of fused-ring (bicyclic) bond motifs is 1. The van der Waals surface area contributed by atoms with Gasteiger partial charge in [0.1, 0.15) is 6.04 Å². The molecule has 1 atom stereocenters. The van der Waals surface area contributed by atoms with Crippen molar-refractivity contribution < 1.29 is 14.7 Å². The van der Waals surface area contributed by atoms with Crippen LogP contribution in [0.1, 0.15) is 12.0 Å². The average molecular weight is 346 g/mol. The van der Waals surface area contributed by atoms with Gasteiger partial charge in [0.15, 0.2) is 0 Å². The van der Waals surface area contributed by atoms with Gasteiger partial charge in [0.05, 0.1) is 6.42 Å². The number of nitrogens with one attached hydrogen (secondary N) is 2. The quantitative estimate of drug-likeness (QED) is 0.703. The normalized spacial score (nSPS) is 18.6. The zero-order chi connectivity index (χ0) is 12.4. The second-order valence-electron chi connectivity index (χ2n) is 3.81. The number of anilines is 1. The maximum absolute atomic E-state index is 11.7. The first-order valence-corrected chi connectivity index (χ1v) is 6.18. The number of carboxylic acids is 1. The van der Waals surface area contributed by atoms with E-state index >= 15 is 0 Å². The van der Waals surface area contributed by atoms with E-state index in [2.05, 4.69) is 33.2 Å². The Bertz CT molecular complexity index is 476. The smallest absolute Gasteiger partial charge is 0.305 e. The van der Waals surface area contributed by atoms with Gasteiger partial charge in [0, 0.05) is 15.8 Å². The van der Waals surface area contributed by atoms with Gasteiger partial charge in [-0.2, -0.15) is 0 Å². The van der Waals surface area contributed by atoms with Crippen LogP contribution >= 0.6 is 22.6 Å². The molecule has 0 saturated carbocycles. The number of amides is 1. The largest absolute Gasteiger partial charge is 0.481 e. The molecule has 1 aromatic rings. The molecule has 1 amide bonds. The Morgan fingerprint density at radius 2 is 2.29 bits per heavy atom. The molecule has 0 bridgehead atoms. The predicted octanol–water partition coefficient (Wildman–Crippen LogP) is 1.18. The van der Waals surface area contributed by atoms with Crippen molar-refractivity contribution in [2.75, 3.05) is 5.32 Å². The first kappa shape index (κ1) is 12.2. The summed E-state index contributed by atoms with van der Waals surface area (Å²) in [6.07, 6.45) is -0.225. The summed E-state index contributed by atoms with van der Waals surface area (Å²) in [6, 6.07) is 5.03. The summed E-state index contributed by atoms with van der Waals surface area (Å²) in [5, 5.41) is 14.4. The summed E-state index contributed by atoms with van der Waals surface area (Å²) in [4.78, 5) is 22.3. The van der Waals surface area contributed by atoms with Crippen molar-refractivity contribution in [1.29, 1.82) is 0 Å². The van der Waals surface area contributed by atoms with Crippen molar-refractivity contribution in [2.45, 2.75) is 19.0 Å². The molecule has 1 aliphatic rings. The zero-order valence-electron chi connectivity index (χ0n) is 8.87. The molecule has 17 heavy (non-hydrogen) atoms. The van der Waals surface area contributed by atoms with Crippen molar-refractivity contribution in [3.8, 4) is 0 Å². The topological polar surface area (TPSA) is 78.4 Å². The van der Waals surface area contributed by atoms with Gasteiger partial charge in [0.2, 0.25) is 5.91 Å². The molecule has 1 aliphatic heterocycles. The maximum Gasteiger partial charge on any atom is 0.305 e. The molecular formula is C11H11IN2O3. The van der Waals surface area contributed by atoms with Gasteiger partial charge < -0.3 is 15.7 Å². The van der Waals surface area contributed by atoms with Gasteiger partial charge in [-0.3, -0.25) is 9.59 Å². The molecule has 6 heteroatoms. The van der Waals surface area contributed by atoms with E-state index in [9.17, 15) is 9.59 Å². The van der Waals surface area contributed by atoms with E-state index in [-0.39, 0.29) is 12.3 Å². The van der Waals surface area contributed by atoms with Crippen LogP contribution in [-0.4, -0.2) is 23.0 Å². The van der Waals surface area contributed by atoms with Crippen LogP contribution < -0.4 is 10.6 Å². The van der Waals surface area contributed by atoms with Gasteiger partial charge in [-0.05, 0) is 46.4 Å². The number of carbonyl (C=O) groups is 2. The van der Waals surface area contributed by atoms with Gasteiger partial charge in [-0.25, -0.2) is 0 Å². The van der Waals surface area contributed by atoms with Crippen LogP contribution in [-0.2, 0) is 16.1 Å².